The quantitative estimate of drug-likeness (QED) is 0.311. The molecule has 1 fully saturated rings. The van der Waals surface area contributed by atoms with Gasteiger partial charge in [-0.1, -0.05) is 39.0 Å². The molecule has 11 nitrogen and oxygen atoms in total. The third kappa shape index (κ3) is 5.73. The molecule has 4 heterocycles. The van der Waals surface area contributed by atoms with Gasteiger partial charge in [0, 0.05) is 30.5 Å². The Morgan fingerprint density at radius 2 is 1.93 bits per heavy atom. The Morgan fingerprint density at radius 1 is 1.20 bits per heavy atom. The van der Waals surface area contributed by atoms with Crippen LogP contribution in [-0.2, 0) is 16.6 Å². The summed E-state index contributed by atoms with van der Waals surface area (Å²) in [5.74, 6) is -0.863. The number of pyridine rings is 1. The van der Waals surface area contributed by atoms with Crippen LogP contribution in [0, 0.1) is 5.41 Å². The molecule has 1 aliphatic heterocycles. The summed E-state index contributed by atoms with van der Waals surface area (Å²) in [4.78, 5) is 17.8. The number of rotatable bonds is 7. The Labute approximate surface area is 235 Å². The molecule has 2 atom stereocenters. The number of benzene rings is 1. The minimum atomic E-state index is -3.95. The monoisotopic (exact) mass is 588 g/mol. The Bertz CT molecular complexity index is 1650. The predicted molar refractivity (Wildman–Crippen MR) is 146 cm³/mol. The average Bonchev–Trinajstić information content (AvgIpc) is 3.58. The molecular weight excluding hydrogens is 558 g/mol. The normalized spacial score (nSPS) is 18.2. The summed E-state index contributed by atoms with van der Waals surface area (Å²) in [7, 11) is -3.95. The van der Waals surface area contributed by atoms with Gasteiger partial charge in [-0.05, 0) is 42.5 Å². The summed E-state index contributed by atoms with van der Waals surface area (Å²) < 4.78 is 62.2. The van der Waals surface area contributed by atoms with Gasteiger partial charge in [0.05, 0.1) is 23.2 Å². The second-order valence-corrected chi connectivity index (χ2v) is 13.2. The van der Waals surface area contributed by atoms with Crippen molar-refractivity contribution in [2.45, 2.75) is 57.9 Å². The highest BCUT2D eigenvalue weighted by Gasteiger charge is 2.44. The number of aromatic nitrogens is 4. The maximum absolute atomic E-state index is 14.2. The van der Waals surface area contributed by atoms with Crippen molar-refractivity contribution in [1.29, 1.82) is 0 Å². The lowest BCUT2D eigenvalue weighted by atomic mass is 9.80. The Balaban J connectivity index is 1.46. The van der Waals surface area contributed by atoms with Crippen LogP contribution in [0.1, 0.15) is 51.6 Å². The van der Waals surface area contributed by atoms with E-state index < -0.39 is 45.1 Å². The number of carboxylic acid groups (broad SMARTS) is 1. The van der Waals surface area contributed by atoms with Crippen molar-refractivity contribution in [2.75, 3.05) is 10.8 Å². The van der Waals surface area contributed by atoms with Crippen molar-refractivity contribution in [3.05, 3.63) is 66.4 Å². The van der Waals surface area contributed by atoms with E-state index in [2.05, 4.69) is 15.2 Å². The van der Waals surface area contributed by atoms with Crippen molar-refractivity contribution in [1.82, 2.24) is 24.5 Å². The summed E-state index contributed by atoms with van der Waals surface area (Å²) in [6, 6.07) is 11.4. The number of amides is 1. The molecule has 5 rings (SSSR count). The van der Waals surface area contributed by atoms with Gasteiger partial charge in [-0.2, -0.15) is 8.78 Å². The third-order valence-electron chi connectivity index (χ3n) is 7.26. The summed E-state index contributed by atoms with van der Waals surface area (Å²) in [5.41, 5.74) is 1.27. The number of piperidine rings is 1. The van der Waals surface area contributed by atoms with Gasteiger partial charge in [0.25, 0.3) is 5.89 Å². The zero-order valence-corrected chi connectivity index (χ0v) is 23.5. The van der Waals surface area contributed by atoms with E-state index in [-0.39, 0.29) is 31.8 Å². The van der Waals surface area contributed by atoms with Crippen molar-refractivity contribution < 1.29 is 31.5 Å². The highest BCUT2D eigenvalue weighted by atomic mass is 32.2. The summed E-state index contributed by atoms with van der Waals surface area (Å²) in [5, 5.41) is 16.0. The standard InChI is InChI=1S/C27H30F2N6O5S/c1-27(2,3)21-14-20(10-12-34(21)26(36)37)41(38,39)35(19-7-5-4-6-8-19)16-18-15-33-11-9-17(13-22(33)30-18)24-31-32-25(40-24)23(28)29/h4-9,11,13,15,20-21,23H,10,12,14,16H2,1-3H3,(H,36,37). The second-order valence-electron chi connectivity index (χ2n) is 11.1. The Hall–Kier alpha value is -4.07. The van der Waals surface area contributed by atoms with Gasteiger partial charge in [0.2, 0.25) is 15.9 Å². The zero-order valence-electron chi connectivity index (χ0n) is 22.7. The lowest BCUT2D eigenvalue weighted by Gasteiger charge is -2.45. The molecule has 0 bridgehead atoms. The molecule has 1 aromatic carbocycles. The van der Waals surface area contributed by atoms with Gasteiger partial charge >= 0.3 is 12.5 Å². The topological polar surface area (TPSA) is 134 Å². The first-order valence-corrected chi connectivity index (χ1v) is 14.5. The van der Waals surface area contributed by atoms with Gasteiger partial charge < -0.3 is 18.8 Å². The smallest absolute Gasteiger partial charge is 0.407 e. The van der Waals surface area contributed by atoms with Crippen LogP contribution in [0.2, 0.25) is 0 Å². The fourth-order valence-corrected chi connectivity index (χ4v) is 7.10. The molecule has 4 aromatic rings. The van der Waals surface area contributed by atoms with E-state index in [0.717, 1.165) is 0 Å². The molecule has 1 saturated heterocycles. The van der Waals surface area contributed by atoms with E-state index >= 15 is 0 Å². The molecule has 0 radical (unpaired) electrons. The molecule has 0 aliphatic carbocycles. The molecule has 14 heteroatoms. The van der Waals surface area contributed by atoms with Crippen molar-refractivity contribution in [3.63, 3.8) is 0 Å². The van der Waals surface area contributed by atoms with Gasteiger partial charge in [0.1, 0.15) is 5.65 Å². The maximum Gasteiger partial charge on any atom is 0.407 e. The lowest BCUT2D eigenvalue weighted by molar-refractivity contribution is 0.0604. The molecule has 0 spiro atoms. The number of carbonyl (C=O) groups is 1. The molecule has 218 valence electrons. The summed E-state index contributed by atoms with van der Waals surface area (Å²) in [6.07, 6.45) is -0.280. The van der Waals surface area contributed by atoms with Crippen LogP contribution < -0.4 is 4.31 Å². The van der Waals surface area contributed by atoms with E-state index in [9.17, 15) is 27.1 Å². The lowest BCUT2D eigenvalue weighted by Crippen LogP contribution is -2.55. The number of hydrogen-bond donors (Lipinski definition) is 1. The molecule has 1 N–H and O–H groups in total. The first-order chi connectivity index (χ1) is 19.3. The van der Waals surface area contributed by atoms with Crippen LogP contribution in [0.5, 0.6) is 0 Å². The predicted octanol–water partition coefficient (Wildman–Crippen LogP) is 5.22. The highest BCUT2D eigenvalue weighted by molar-refractivity contribution is 7.93. The zero-order chi connectivity index (χ0) is 29.5. The minimum Gasteiger partial charge on any atom is -0.465 e. The number of hydrogen-bond acceptors (Lipinski definition) is 7. The van der Waals surface area contributed by atoms with Crippen molar-refractivity contribution >= 4 is 27.5 Å². The van der Waals surface area contributed by atoms with Crippen LogP contribution in [-0.4, -0.2) is 61.9 Å². The number of para-hydroxylation sites is 1. The first kappa shape index (κ1) is 28.5. The van der Waals surface area contributed by atoms with Crippen LogP contribution in [0.4, 0.5) is 19.3 Å². The summed E-state index contributed by atoms with van der Waals surface area (Å²) >= 11 is 0. The van der Waals surface area contributed by atoms with Crippen LogP contribution >= 0.6 is 0 Å². The van der Waals surface area contributed by atoms with Crippen molar-refractivity contribution in [3.8, 4) is 11.5 Å². The SMILES string of the molecule is CC(C)(C)C1CC(S(=O)(=O)N(Cc2cn3ccc(-c4nnc(C(F)F)o4)cc3n2)c2ccccc2)CCN1C(=O)O. The first-order valence-electron chi connectivity index (χ1n) is 13.0. The number of nitrogens with zero attached hydrogens (tertiary/aromatic N) is 6. The van der Waals surface area contributed by atoms with E-state index in [4.69, 9.17) is 4.42 Å². The fourth-order valence-electron chi connectivity index (χ4n) is 5.19. The van der Waals surface area contributed by atoms with Gasteiger partial charge in [-0.15, -0.1) is 10.2 Å². The van der Waals surface area contributed by atoms with E-state index in [1.165, 1.54) is 9.21 Å². The molecular formula is C27H30F2N6O5S. The molecule has 41 heavy (non-hydrogen) atoms. The Kier molecular flexibility index (Phi) is 7.45. The minimum absolute atomic E-state index is 0.0707. The van der Waals surface area contributed by atoms with Crippen LogP contribution in [0.25, 0.3) is 17.1 Å². The van der Waals surface area contributed by atoms with Crippen molar-refractivity contribution in [2.24, 2.45) is 5.41 Å². The van der Waals surface area contributed by atoms with E-state index in [1.807, 2.05) is 20.8 Å². The number of likely N-dealkylation sites (tertiary alicyclic amines) is 1. The molecule has 2 unspecified atom stereocenters. The number of anilines is 1. The van der Waals surface area contributed by atoms with E-state index in [0.29, 0.717) is 22.6 Å². The van der Waals surface area contributed by atoms with E-state index in [1.54, 1.807) is 59.3 Å². The fraction of sp³-hybridized carbons (Fsp3) is 0.407. The van der Waals surface area contributed by atoms with Gasteiger partial charge in [-0.3, -0.25) is 4.31 Å². The van der Waals surface area contributed by atoms with Crippen LogP contribution in [0.15, 0.2) is 59.3 Å². The largest absolute Gasteiger partial charge is 0.465 e. The number of halogens is 2. The number of fused-ring (bicyclic) bond motifs is 1. The summed E-state index contributed by atoms with van der Waals surface area (Å²) in [6.45, 7) is 5.77. The average molecular weight is 589 g/mol. The molecule has 1 aliphatic rings. The third-order valence-corrected chi connectivity index (χ3v) is 9.49. The number of alkyl halides is 2. The van der Waals surface area contributed by atoms with Gasteiger partial charge in [0.15, 0.2) is 0 Å². The van der Waals surface area contributed by atoms with Gasteiger partial charge in [-0.25, -0.2) is 18.2 Å². The molecule has 0 saturated carbocycles. The molecule has 3 aromatic heterocycles. The number of imidazole rings is 1. The maximum atomic E-state index is 14.2. The highest BCUT2D eigenvalue weighted by Crippen LogP contribution is 2.36. The second kappa shape index (κ2) is 10.7. The molecule has 1 amide bonds. The van der Waals surface area contributed by atoms with Crippen LogP contribution in [0.3, 0.4) is 0 Å². The number of sulfonamides is 1. The Morgan fingerprint density at radius 3 is 2.56 bits per heavy atom.